The summed E-state index contributed by atoms with van der Waals surface area (Å²) >= 11 is 0. The van der Waals surface area contributed by atoms with Gasteiger partial charge in [-0.2, -0.15) is 4.98 Å². The first-order valence-electron chi connectivity index (χ1n) is 7.83. The number of hydrogen-bond acceptors (Lipinski definition) is 4. The normalized spacial score (nSPS) is 14.8. The lowest BCUT2D eigenvalue weighted by atomic mass is 9.97. The summed E-state index contributed by atoms with van der Waals surface area (Å²) in [6.45, 7) is 7.16. The van der Waals surface area contributed by atoms with Crippen LogP contribution in [0.1, 0.15) is 46.0 Å². The molecule has 0 saturated heterocycles. The molecular formula is C16H26N4. The van der Waals surface area contributed by atoms with Crippen LogP contribution in [0.2, 0.25) is 0 Å². The van der Waals surface area contributed by atoms with E-state index in [0.29, 0.717) is 0 Å². The first kappa shape index (κ1) is 14.8. The van der Waals surface area contributed by atoms with Crippen LogP contribution in [0, 0.1) is 0 Å². The van der Waals surface area contributed by atoms with E-state index in [0.717, 1.165) is 37.8 Å². The molecular weight excluding hydrogens is 248 g/mol. The van der Waals surface area contributed by atoms with E-state index >= 15 is 0 Å². The average Bonchev–Trinajstić information content (AvgIpc) is 2.50. The Labute approximate surface area is 122 Å². The third kappa shape index (κ3) is 4.22. The minimum Gasteiger partial charge on any atom is -0.357 e. The molecule has 1 N–H and O–H groups in total. The lowest BCUT2D eigenvalue weighted by Gasteiger charge is -2.20. The first-order chi connectivity index (χ1) is 9.83. The zero-order chi connectivity index (χ0) is 14.2. The Morgan fingerprint density at radius 2 is 2.10 bits per heavy atom. The van der Waals surface area contributed by atoms with Crippen molar-refractivity contribution < 1.29 is 0 Å². The molecule has 110 valence electrons. The van der Waals surface area contributed by atoms with Gasteiger partial charge in [0.15, 0.2) is 0 Å². The van der Waals surface area contributed by atoms with E-state index in [-0.39, 0.29) is 0 Å². The molecule has 0 spiro atoms. The number of nitrogens with one attached hydrogen (secondary N) is 1. The van der Waals surface area contributed by atoms with Gasteiger partial charge < -0.3 is 10.2 Å². The number of rotatable bonds is 7. The highest BCUT2D eigenvalue weighted by atomic mass is 15.2. The Morgan fingerprint density at radius 1 is 1.25 bits per heavy atom. The number of allylic oxidation sites excluding steroid dienone is 1. The van der Waals surface area contributed by atoms with Crippen LogP contribution in [0.15, 0.2) is 23.9 Å². The van der Waals surface area contributed by atoms with Gasteiger partial charge in [0.1, 0.15) is 5.82 Å². The van der Waals surface area contributed by atoms with Gasteiger partial charge in [0, 0.05) is 25.8 Å². The van der Waals surface area contributed by atoms with Crippen molar-refractivity contribution in [1.82, 2.24) is 9.97 Å². The van der Waals surface area contributed by atoms with E-state index in [4.69, 9.17) is 0 Å². The summed E-state index contributed by atoms with van der Waals surface area (Å²) in [7, 11) is 0. The smallest absolute Gasteiger partial charge is 0.224 e. The molecule has 0 radical (unpaired) electrons. The Bertz CT molecular complexity index is 438. The van der Waals surface area contributed by atoms with Crippen LogP contribution in [0.3, 0.4) is 0 Å². The van der Waals surface area contributed by atoms with E-state index in [1.54, 1.807) is 5.57 Å². The molecule has 0 aliphatic heterocycles. The topological polar surface area (TPSA) is 41.1 Å². The Morgan fingerprint density at radius 3 is 2.80 bits per heavy atom. The SMILES string of the molecule is CCN(CC)c1ccnc(NCCC2=CCCCC2)n1. The summed E-state index contributed by atoms with van der Waals surface area (Å²) in [5.41, 5.74) is 1.59. The van der Waals surface area contributed by atoms with E-state index in [2.05, 4.69) is 40.1 Å². The molecule has 1 aliphatic carbocycles. The monoisotopic (exact) mass is 274 g/mol. The molecule has 1 heterocycles. The van der Waals surface area contributed by atoms with Gasteiger partial charge >= 0.3 is 0 Å². The van der Waals surface area contributed by atoms with Crippen LogP contribution in [0.25, 0.3) is 0 Å². The molecule has 0 saturated carbocycles. The van der Waals surface area contributed by atoms with Crippen molar-refractivity contribution >= 4 is 11.8 Å². The van der Waals surface area contributed by atoms with Crippen molar-refractivity contribution in [3.05, 3.63) is 23.9 Å². The fourth-order valence-electron chi connectivity index (χ4n) is 2.62. The van der Waals surface area contributed by atoms with Crippen molar-refractivity contribution in [1.29, 1.82) is 0 Å². The zero-order valence-electron chi connectivity index (χ0n) is 12.7. The molecule has 0 aromatic carbocycles. The molecule has 20 heavy (non-hydrogen) atoms. The van der Waals surface area contributed by atoms with Gasteiger partial charge in [-0.3, -0.25) is 0 Å². The Kier molecular flexibility index (Phi) is 5.84. The maximum Gasteiger partial charge on any atom is 0.224 e. The van der Waals surface area contributed by atoms with Gasteiger partial charge in [-0.15, -0.1) is 0 Å². The second-order valence-electron chi connectivity index (χ2n) is 5.20. The molecule has 4 nitrogen and oxygen atoms in total. The van der Waals surface area contributed by atoms with Crippen LogP contribution in [-0.2, 0) is 0 Å². The summed E-state index contributed by atoms with van der Waals surface area (Å²) in [5, 5.41) is 3.35. The Hall–Kier alpha value is -1.58. The number of anilines is 2. The van der Waals surface area contributed by atoms with Crippen molar-refractivity contribution in [2.24, 2.45) is 0 Å². The average molecular weight is 274 g/mol. The highest BCUT2D eigenvalue weighted by Crippen LogP contribution is 2.20. The highest BCUT2D eigenvalue weighted by molar-refractivity contribution is 5.42. The molecule has 0 unspecified atom stereocenters. The number of hydrogen-bond donors (Lipinski definition) is 1. The first-order valence-corrected chi connectivity index (χ1v) is 7.83. The van der Waals surface area contributed by atoms with Crippen molar-refractivity contribution in [3.8, 4) is 0 Å². The van der Waals surface area contributed by atoms with E-state index < -0.39 is 0 Å². The molecule has 0 bridgehead atoms. The van der Waals surface area contributed by atoms with Gasteiger partial charge in [0.2, 0.25) is 5.95 Å². The summed E-state index contributed by atoms with van der Waals surface area (Å²) in [6.07, 6.45) is 10.6. The quantitative estimate of drug-likeness (QED) is 0.771. The maximum absolute atomic E-state index is 4.58. The predicted molar refractivity (Wildman–Crippen MR) is 85.3 cm³/mol. The molecule has 0 fully saturated rings. The van der Waals surface area contributed by atoms with Gasteiger partial charge in [-0.05, 0) is 52.0 Å². The van der Waals surface area contributed by atoms with Gasteiger partial charge in [0.05, 0.1) is 0 Å². The van der Waals surface area contributed by atoms with E-state index in [9.17, 15) is 0 Å². The van der Waals surface area contributed by atoms with Crippen molar-refractivity contribution in [3.63, 3.8) is 0 Å². The molecule has 2 rings (SSSR count). The minimum atomic E-state index is 0.741. The van der Waals surface area contributed by atoms with Crippen LogP contribution in [0.4, 0.5) is 11.8 Å². The predicted octanol–water partition coefficient (Wildman–Crippen LogP) is 3.63. The molecule has 4 heteroatoms. The molecule has 1 aromatic heterocycles. The molecule has 1 aromatic rings. The standard InChI is InChI=1S/C16H26N4/c1-3-20(4-2)15-11-13-18-16(19-15)17-12-10-14-8-6-5-7-9-14/h8,11,13H,3-7,9-10,12H2,1-2H3,(H,17,18,19). The second kappa shape index (κ2) is 7.88. The van der Waals surface area contributed by atoms with Gasteiger partial charge in [-0.1, -0.05) is 11.6 Å². The van der Waals surface area contributed by atoms with Crippen LogP contribution in [0.5, 0.6) is 0 Å². The van der Waals surface area contributed by atoms with E-state index in [1.165, 1.54) is 25.7 Å². The lowest BCUT2D eigenvalue weighted by molar-refractivity contribution is 0.679. The highest BCUT2D eigenvalue weighted by Gasteiger charge is 2.06. The zero-order valence-corrected chi connectivity index (χ0v) is 12.7. The Balaban J connectivity index is 1.86. The lowest BCUT2D eigenvalue weighted by Crippen LogP contribution is -2.23. The summed E-state index contributed by atoms with van der Waals surface area (Å²) in [6, 6.07) is 1.97. The molecule has 0 amide bonds. The summed E-state index contributed by atoms with van der Waals surface area (Å²) in [5.74, 6) is 1.75. The minimum absolute atomic E-state index is 0.741. The summed E-state index contributed by atoms with van der Waals surface area (Å²) in [4.78, 5) is 11.1. The van der Waals surface area contributed by atoms with Crippen molar-refractivity contribution in [2.45, 2.75) is 46.0 Å². The second-order valence-corrected chi connectivity index (χ2v) is 5.20. The van der Waals surface area contributed by atoms with E-state index in [1.807, 2.05) is 12.3 Å². The van der Waals surface area contributed by atoms with Crippen LogP contribution >= 0.6 is 0 Å². The van der Waals surface area contributed by atoms with Crippen LogP contribution in [-0.4, -0.2) is 29.6 Å². The van der Waals surface area contributed by atoms with Crippen molar-refractivity contribution in [2.75, 3.05) is 29.9 Å². The summed E-state index contributed by atoms with van der Waals surface area (Å²) < 4.78 is 0. The third-order valence-electron chi connectivity index (χ3n) is 3.84. The fraction of sp³-hybridized carbons (Fsp3) is 0.625. The van der Waals surface area contributed by atoms with Gasteiger partial charge in [0.25, 0.3) is 0 Å². The maximum atomic E-state index is 4.58. The number of aromatic nitrogens is 2. The molecule has 0 atom stereocenters. The largest absolute Gasteiger partial charge is 0.357 e. The molecule has 1 aliphatic rings. The van der Waals surface area contributed by atoms with Gasteiger partial charge in [-0.25, -0.2) is 4.98 Å². The number of nitrogens with zero attached hydrogens (tertiary/aromatic N) is 3. The van der Waals surface area contributed by atoms with Crippen LogP contribution < -0.4 is 10.2 Å². The third-order valence-corrected chi connectivity index (χ3v) is 3.84. The fourth-order valence-corrected chi connectivity index (χ4v) is 2.62.